The summed E-state index contributed by atoms with van der Waals surface area (Å²) in [5.41, 5.74) is 5.82. The van der Waals surface area contributed by atoms with E-state index in [1.165, 1.54) is 12.1 Å². The minimum atomic E-state index is -1.33. The van der Waals surface area contributed by atoms with Gasteiger partial charge in [0.15, 0.2) is 0 Å². The number of aryl methyl sites for hydroxylation is 1. The molecule has 0 spiro atoms. The zero-order valence-electron chi connectivity index (χ0n) is 8.90. The van der Waals surface area contributed by atoms with Gasteiger partial charge >= 0.3 is 5.97 Å². The number of aromatic carboxylic acids is 1. The van der Waals surface area contributed by atoms with Crippen molar-refractivity contribution < 1.29 is 18.7 Å². The Morgan fingerprint density at radius 2 is 2.24 bits per heavy atom. The van der Waals surface area contributed by atoms with Crippen molar-refractivity contribution in [2.75, 3.05) is 5.73 Å². The number of benzene rings is 1. The van der Waals surface area contributed by atoms with Crippen molar-refractivity contribution >= 4 is 12.0 Å². The number of aromatic nitrogens is 1. The summed E-state index contributed by atoms with van der Waals surface area (Å²) in [5.74, 6) is -1.68. The lowest BCUT2D eigenvalue weighted by Crippen LogP contribution is -2.00. The molecule has 0 fully saturated rings. The molecular formula is C11H9FN2O3. The van der Waals surface area contributed by atoms with Gasteiger partial charge in [-0.1, -0.05) is 0 Å². The van der Waals surface area contributed by atoms with Crippen LogP contribution in [0, 0.1) is 12.7 Å². The van der Waals surface area contributed by atoms with Crippen molar-refractivity contribution in [3.63, 3.8) is 0 Å². The van der Waals surface area contributed by atoms with E-state index in [9.17, 15) is 9.18 Å². The molecule has 2 aromatic rings. The zero-order valence-corrected chi connectivity index (χ0v) is 8.90. The monoisotopic (exact) mass is 236 g/mol. The molecule has 0 saturated heterocycles. The van der Waals surface area contributed by atoms with Crippen LogP contribution in [-0.2, 0) is 0 Å². The molecule has 1 heterocycles. The lowest BCUT2D eigenvalue weighted by Gasteiger charge is -2.01. The van der Waals surface area contributed by atoms with Crippen LogP contribution in [0.1, 0.15) is 16.1 Å². The summed E-state index contributed by atoms with van der Waals surface area (Å²) in [4.78, 5) is 14.7. The van der Waals surface area contributed by atoms with Crippen LogP contribution in [0.25, 0.3) is 11.3 Å². The van der Waals surface area contributed by atoms with Gasteiger partial charge < -0.3 is 15.3 Å². The van der Waals surface area contributed by atoms with Crippen LogP contribution in [-0.4, -0.2) is 16.1 Å². The molecule has 0 atom stereocenters. The van der Waals surface area contributed by atoms with Gasteiger partial charge in [-0.3, -0.25) is 0 Å². The molecule has 0 aliphatic carbocycles. The second kappa shape index (κ2) is 3.89. The second-order valence-corrected chi connectivity index (χ2v) is 3.46. The number of halogens is 1. The number of carbonyl (C=O) groups is 1. The number of anilines is 1. The number of carboxylic acids is 1. The van der Waals surface area contributed by atoms with Gasteiger partial charge in [0.1, 0.15) is 17.3 Å². The van der Waals surface area contributed by atoms with Crippen LogP contribution in [0.2, 0.25) is 0 Å². The van der Waals surface area contributed by atoms with E-state index >= 15 is 0 Å². The average molecular weight is 236 g/mol. The Bertz CT molecular complexity index is 592. The van der Waals surface area contributed by atoms with Crippen molar-refractivity contribution in [3.05, 3.63) is 35.3 Å². The van der Waals surface area contributed by atoms with Crippen LogP contribution in [0.15, 0.2) is 22.6 Å². The molecule has 0 amide bonds. The molecule has 0 aliphatic heterocycles. The summed E-state index contributed by atoms with van der Waals surface area (Å²) in [6.45, 7) is 1.64. The van der Waals surface area contributed by atoms with E-state index in [0.29, 0.717) is 17.0 Å². The minimum Gasteiger partial charge on any atom is -0.478 e. The minimum absolute atomic E-state index is 0.0151. The van der Waals surface area contributed by atoms with E-state index < -0.39 is 17.3 Å². The van der Waals surface area contributed by atoms with Crippen LogP contribution in [0.5, 0.6) is 0 Å². The van der Waals surface area contributed by atoms with Gasteiger partial charge in [0.05, 0.1) is 5.56 Å². The Kier molecular flexibility index (Phi) is 2.55. The highest BCUT2D eigenvalue weighted by Gasteiger charge is 2.15. The highest BCUT2D eigenvalue weighted by molar-refractivity contribution is 5.89. The van der Waals surface area contributed by atoms with Crippen molar-refractivity contribution in [2.45, 2.75) is 6.92 Å². The lowest BCUT2D eigenvalue weighted by molar-refractivity contribution is 0.0692. The van der Waals surface area contributed by atoms with E-state index in [-0.39, 0.29) is 6.01 Å². The Hall–Kier alpha value is -2.37. The molecule has 2 rings (SSSR count). The number of carboxylic acid groups (broad SMARTS) is 1. The maximum Gasteiger partial charge on any atom is 0.338 e. The summed E-state index contributed by atoms with van der Waals surface area (Å²) in [5, 5.41) is 8.80. The predicted octanol–water partition coefficient (Wildman–Crippen LogP) is 2.07. The topological polar surface area (TPSA) is 89.4 Å². The molecule has 1 aromatic heterocycles. The fourth-order valence-electron chi connectivity index (χ4n) is 1.52. The van der Waals surface area contributed by atoms with Crippen LogP contribution in [0.4, 0.5) is 10.4 Å². The Morgan fingerprint density at radius 3 is 2.76 bits per heavy atom. The molecule has 17 heavy (non-hydrogen) atoms. The second-order valence-electron chi connectivity index (χ2n) is 3.46. The third-order valence-corrected chi connectivity index (χ3v) is 2.28. The van der Waals surface area contributed by atoms with Crippen LogP contribution >= 0.6 is 0 Å². The third kappa shape index (κ3) is 1.96. The van der Waals surface area contributed by atoms with Crippen LogP contribution < -0.4 is 5.73 Å². The van der Waals surface area contributed by atoms with E-state index in [1.807, 2.05) is 0 Å². The molecule has 0 bridgehead atoms. The first-order chi connectivity index (χ1) is 7.99. The molecule has 5 nitrogen and oxygen atoms in total. The Labute approximate surface area is 95.7 Å². The van der Waals surface area contributed by atoms with Gasteiger partial charge in [-0.05, 0) is 25.1 Å². The van der Waals surface area contributed by atoms with E-state index in [2.05, 4.69) is 4.98 Å². The standard InChI is InChI=1S/C11H9FN2O3/c1-5-9(14-11(13)17-5)6-2-3-8(12)7(4-6)10(15)16/h2-4H,1H3,(H2,13,14)(H,15,16). The van der Waals surface area contributed by atoms with E-state index in [4.69, 9.17) is 15.3 Å². The zero-order chi connectivity index (χ0) is 12.6. The van der Waals surface area contributed by atoms with Crippen molar-refractivity contribution in [2.24, 2.45) is 0 Å². The average Bonchev–Trinajstić information content (AvgIpc) is 2.58. The molecule has 3 N–H and O–H groups in total. The van der Waals surface area contributed by atoms with Crippen LogP contribution in [0.3, 0.4) is 0 Å². The van der Waals surface area contributed by atoms with Crippen molar-refractivity contribution in [3.8, 4) is 11.3 Å². The first-order valence-corrected chi connectivity index (χ1v) is 4.75. The Morgan fingerprint density at radius 1 is 1.53 bits per heavy atom. The molecule has 88 valence electrons. The quantitative estimate of drug-likeness (QED) is 0.833. The first-order valence-electron chi connectivity index (χ1n) is 4.75. The smallest absolute Gasteiger partial charge is 0.338 e. The number of nitrogens with zero attached hydrogens (tertiary/aromatic N) is 1. The highest BCUT2D eigenvalue weighted by Crippen LogP contribution is 2.26. The van der Waals surface area contributed by atoms with Crippen molar-refractivity contribution in [1.82, 2.24) is 4.98 Å². The maximum absolute atomic E-state index is 13.2. The number of oxazole rings is 1. The molecular weight excluding hydrogens is 227 g/mol. The van der Waals surface area contributed by atoms with Gasteiger partial charge in [-0.15, -0.1) is 0 Å². The van der Waals surface area contributed by atoms with Gasteiger partial charge in [0, 0.05) is 5.56 Å². The number of hydrogen-bond acceptors (Lipinski definition) is 4. The fraction of sp³-hybridized carbons (Fsp3) is 0.0909. The summed E-state index contributed by atoms with van der Waals surface area (Å²) in [6, 6.07) is 3.68. The molecule has 0 aliphatic rings. The number of nitrogens with two attached hydrogens (primary N) is 1. The SMILES string of the molecule is Cc1oc(N)nc1-c1ccc(F)c(C(=O)O)c1. The summed E-state index contributed by atoms with van der Waals surface area (Å²) in [7, 11) is 0. The fourth-order valence-corrected chi connectivity index (χ4v) is 1.52. The third-order valence-electron chi connectivity index (χ3n) is 2.28. The molecule has 0 radical (unpaired) electrons. The molecule has 0 unspecified atom stereocenters. The number of nitrogen functional groups attached to an aromatic ring is 1. The summed E-state index contributed by atoms with van der Waals surface area (Å²) in [6.07, 6.45) is 0. The predicted molar refractivity (Wildman–Crippen MR) is 58.0 cm³/mol. The lowest BCUT2D eigenvalue weighted by atomic mass is 10.1. The Balaban J connectivity index is 2.57. The van der Waals surface area contributed by atoms with Gasteiger partial charge in [-0.2, -0.15) is 4.98 Å². The summed E-state index contributed by atoms with van der Waals surface area (Å²) >= 11 is 0. The molecule has 6 heteroatoms. The van der Waals surface area contributed by atoms with Crippen molar-refractivity contribution in [1.29, 1.82) is 0 Å². The maximum atomic E-state index is 13.2. The highest BCUT2D eigenvalue weighted by atomic mass is 19.1. The van der Waals surface area contributed by atoms with Gasteiger partial charge in [0.2, 0.25) is 0 Å². The largest absolute Gasteiger partial charge is 0.478 e. The van der Waals surface area contributed by atoms with Gasteiger partial charge in [-0.25, -0.2) is 9.18 Å². The van der Waals surface area contributed by atoms with Gasteiger partial charge in [0.25, 0.3) is 6.01 Å². The number of rotatable bonds is 2. The first kappa shape index (κ1) is 11.1. The van der Waals surface area contributed by atoms with E-state index in [1.54, 1.807) is 6.92 Å². The molecule has 0 saturated carbocycles. The summed E-state index contributed by atoms with van der Waals surface area (Å²) < 4.78 is 18.2. The number of hydrogen-bond donors (Lipinski definition) is 2. The van der Waals surface area contributed by atoms with E-state index in [0.717, 1.165) is 6.07 Å². The normalized spacial score (nSPS) is 10.5. The molecule has 1 aromatic carbocycles.